The summed E-state index contributed by atoms with van der Waals surface area (Å²) >= 11 is 1.84. The molecule has 0 spiro atoms. The van der Waals surface area contributed by atoms with E-state index in [1.807, 2.05) is 11.3 Å². The minimum Gasteiger partial charge on any atom is -0.366 e. The lowest BCUT2D eigenvalue weighted by Gasteiger charge is -2.34. The first-order valence-electron chi connectivity index (χ1n) is 6.87. The third kappa shape index (κ3) is 2.67. The largest absolute Gasteiger partial charge is 0.366 e. The topological polar surface area (TPSA) is 29.3 Å². The van der Waals surface area contributed by atoms with Gasteiger partial charge in [0.15, 0.2) is 0 Å². The maximum atomic E-state index is 5.69. The molecule has 0 saturated carbocycles. The quantitative estimate of drug-likeness (QED) is 0.928. The SMILES string of the molecule is CC1Cc2ccccc2N(Cc2ccc(CN)s2)C1. The Balaban J connectivity index is 1.84. The predicted molar refractivity (Wildman–Crippen MR) is 82.6 cm³/mol. The van der Waals surface area contributed by atoms with Crippen molar-refractivity contribution in [2.45, 2.75) is 26.4 Å². The second kappa shape index (κ2) is 5.35. The zero-order valence-corrected chi connectivity index (χ0v) is 12.1. The third-order valence-electron chi connectivity index (χ3n) is 3.70. The Kier molecular flexibility index (Phi) is 3.58. The van der Waals surface area contributed by atoms with Gasteiger partial charge in [0.1, 0.15) is 0 Å². The molecule has 0 fully saturated rings. The molecule has 1 atom stereocenters. The van der Waals surface area contributed by atoms with Gasteiger partial charge in [0.25, 0.3) is 0 Å². The number of nitrogens with zero attached hydrogens (tertiary/aromatic N) is 1. The molecule has 1 aliphatic heterocycles. The Bertz CT molecular complexity index is 561. The number of thiophene rings is 1. The fourth-order valence-electron chi connectivity index (χ4n) is 2.86. The van der Waals surface area contributed by atoms with E-state index in [1.54, 1.807) is 0 Å². The summed E-state index contributed by atoms with van der Waals surface area (Å²) in [6, 6.07) is 13.2. The van der Waals surface area contributed by atoms with E-state index in [1.165, 1.54) is 27.4 Å². The molecular formula is C16H20N2S. The molecule has 0 saturated heterocycles. The van der Waals surface area contributed by atoms with Crippen LogP contribution in [0.2, 0.25) is 0 Å². The summed E-state index contributed by atoms with van der Waals surface area (Å²) in [5.41, 5.74) is 8.58. The van der Waals surface area contributed by atoms with Gasteiger partial charge in [0.05, 0.1) is 6.54 Å². The summed E-state index contributed by atoms with van der Waals surface area (Å²) in [6.07, 6.45) is 1.20. The summed E-state index contributed by atoms with van der Waals surface area (Å²) in [6.45, 7) is 5.14. The molecule has 2 heterocycles. The van der Waals surface area contributed by atoms with E-state index in [4.69, 9.17) is 5.73 Å². The van der Waals surface area contributed by atoms with E-state index in [0.717, 1.165) is 19.0 Å². The van der Waals surface area contributed by atoms with Crippen molar-refractivity contribution in [2.75, 3.05) is 11.4 Å². The molecule has 2 N–H and O–H groups in total. The fraction of sp³-hybridized carbons (Fsp3) is 0.375. The molecule has 1 aromatic carbocycles. The Morgan fingerprint density at radius 2 is 2.00 bits per heavy atom. The number of fused-ring (bicyclic) bond motifs is 1. The van der Waals surface area contributed by atoms with Gasteiger partial charge in [-0.3, -0.25) is 0 Å². The summed E-state index contributed by atoms with van der Waals surface area (Å²) in [4.78, 5) is 5.19. The van der Waals surface area contributed by atoms with E-state index in [2.05, 4.69) is 48.2 Å². The van der Waals surface area contributed by atoms with E-state index in [-0.39, 0.29) is 0 Å². The second-order valence-electron chi connectivity index (χ2n) is 5.39. The minimum absolute atomic E-state index is 0.650. The van der Waals surface area contributed by atoms with Crippen LogP contribution in [0, 0.1) is 5.92 Å². The monoisotopic (exact) mass is 272 g/mol. The summed E-state index contributed by atoms with van der Waals surface area (Å²) < 4.78 is 0. The molecule has 0 bridgehead atoms. The van der Waals surface area contributed by atoms with Gasteiger partial charge in [-0.2, -0.15) is 0 Å². The van der Waals surface area contributed by atoms with Crippen molar-refractivity contribution >= 4 is 17.0 Å². The van der Waals surface area contributed by atoms with Crippen molar-refractivity contribution in [3.8, 4) is 0 Å². The maximum absolute atomic E-state index is 5.69. The molecule has 3 heteroatoms. The number of rotatable bonds is 3. The lowest BCUT2D eigenvalue weighted by atomic mass is 9.94. The molecule has 0 aliphatic carbocycles. The molecule has 100 valence electrons. The van der Waals surface area contributed by atoms with Crippen LogP contribution in [0.1, 0.15) is 22.2 Å². The lowest BCUT2D eigenvalue weighted by molar-refractivity contribution is 0.531. The van der Waals surface area contributed by atoms with E-state index >= 15 is 0 Å². The normalized spacial score (nSPS) is 18.4. The fourth-order valence-corrected chi connectivity index (χ4v) is 3.77. The molecule has 0 amide bonds. The maximum Gasteiger partial charge on any atom is 0.0523 e. The second-order valence-corrected chi connectivity index (χ2v) is 6.64. The summed E-state index contributed by atoms with van der Waals surface area (Å²) in [7, 11) is 0. The molecule has 0 radical (unpaired) electrons. The first-order chi connectivity index (χ1) is 9.26. The third-order valence-corrected chi connectivity index (χ3v) is 4.79. The number of anilines is 1. The van der Waals surface area contributed by atoms with Crippen LogP contribution in [0.25, 0.3) is 0 Å². The molecule has 19 heavy (non-hydrogen) atoms. The first-order valence-corrected chi connectivity index (χ1v) is 7.68. The highest BCUT2D eigenvalue weighted by atomic mass is 32.1. The Hall–Kier alpha value is -1.32. The van der Waals surface area contributed by atoms with Crippen molar-refractivity contribution in [1.82, 2.24) is 0 Å². The van der Waals surface area contributed by atoms with Crippen LogP contribution in [0.4, 0.5) is 5.69 Å². The average Bonchev–Trinajstić information content (AvgIpc) is 2.86. The zero-order chi connectivity index (χ0) is 13.2. The van der Waals surface area contributed by atoms with Gasteiger partial charge in [0.2, 0.25) is 0 Å². The molecule has 1 unspecified atom stereocenters. The number of hydrogen-bond acceptors (Lipinski definition) is 3. The zero-order valence-electron chi connectivity index (χ0n) is 11.3. The van der Waals surface area contributed by atoms with Crippen LogP contribution in [-0.4, -0.2) is 6.54 Å². The molecule has 1 aliphatic rings. The van der Waals surface area contributed by atoms with E-state index < -0.39 is 0 Å². The van der Waals surface area contributed by atoms with Crippen molar-refractivity contribution in [2.24, 2.45) is 11.7 Å². The highest BCUT2D eigenvalue weighted by Crippen LogP contribution is 2.31. The van der Waals surface area contributed by atoms with Gasteiger partial charge in [-0.15, -0.1) is 11.3 Å². The van der Waals surface area contributed by atoms with Crippen molar-refractivity contribution < 1.29 is 0 Å². The number of para-hydroxylation sites is 1. The first kappa shape index (κ1) is 12.7. The molecule has 3 rings (SSSR count). The van der Waals surface area contributed by atoms with Crippen LogP contribution in [0.15, 0.2) is 36.4 Å². The van der Waals surface area contributed by atoms with Crippen LogP contribution in [0.3, 0.4) is 0 Å². The summed E-state index contributed by atoms with van der Waals surface area (Å²) in [5.74, 6) is 0.726. The van der Waals surface area contributed by atoms with Gasteiger partial charge < -0.3 is 10.6 Å². The summed E-state index contributed by atoms with van der Waals surface area (Å²) in [5, 5.41) is 0. The van der Waals surface area contributed by atoms with Crippen molar-refractivity contribution in [3.63, 3.8) is 0 Å². The van der Waals surface area contributed by atoms with Gasteiger partial charge in [-0.25, -0.2) is 0 Å². The molecular weight excluding hydrogens is 252 g/mol. The predicted octanol–water partition coefficient (Wildman–Crippen LogP) is 3.41. The standard InChI is InChI=1S/C16H20N2S/c1-12-8-13-4-2-3-5-16(13)18(10-12)11-15-7-6-14(9-17)19-15/h2-7,12H,8-11,17H2,1H3. The van der Waals surface area contributed by atoms with Crippen LogP contribution in [-0.2, 0) is 19.5 Å². The van der Waals surface area contributed by atoms with Crippen LogP contribution in [0.5, 0.6) is 0 Å². The van der Waals surface area contributed by atoms with Crippen LogP contribution < -0.4 is 10.6 Å². The highest BCUT2D eigenvalue weighted by Gasteiger charge is 2.21. The molecule has 2 nitrogen and oxygen atoms in total. The van der Waals surface area contributed by atoms with Crippen LogP contribution >= 0.6 is 11.3 Å². The van der Waals surface area contributed by atoms with Gasteiger partial charge in [-0.1, -0.05) is 25.1 Å². The lowest BCUT2D eigenvalue weighted by Crippen LogP contribution is -2.33. The van der Waals surface area contributed by atoms with Crippen molar-refractivity contribution in [3.05, 3.63) is 51.7 Å². The minimum atomic E-state index is 0.650. The Morgan fingerprint density at radius 3 is 2.79 bits per heavy atom. The number of benzene rings is 1. The van der Waals surface area contributed by atoms with E-state index in [9.17, 15) is 0 Å². The smallest absolute Gasteiger partial charge is 0.0523 e. The van der Waals surface area contributed by atoms with Gasteiger partial charge in [0, 0.05) is 28.5 Å². The Labute approximate surface area is 118 Å². The Morgan fingerprint density at radius 1 is 1.21 bits per heavy atom. The molecule has 1 aromatic heterocycles. The average molecular weight is 272 g/mol. The van der Waals surface area contributed by atoms with Crippen molar-refractivity contribution in [1.29, 1.82) is 0 Å². The number of nitrogens with two attached hydrogens (primary N) is 1. The van der Waals surface area contributed by atoms with E-state index in [0.29, 0.717) is 6.54 Å². The van der Waals surface area contributed by atoms with Gasteiger partial charge in [-0.05, 0) is 36.1 Å². The highest BCUT2D eigenvalue weighted by molar-refractivity contribution is 7.12. The van der Waals surface area contributed by atoms with Gasteiger partial charge >= 0.3 is 0 Å². The molecule has 2 aromatic rings. The number of hydrogen-bond donors (Lipinski definition) is 1.